The molecular formula is C11H12O4. The van der Waals surface area contributed by atoms with Crippen molar-refractivity contribution in [3.8, 4) is 11.5 Å². The first kappa shape index (κ1) is 9.98. The lowest BCUT2D eigenvalue weighted by Gasteiger charge is -2.06. The molecule has 0 bridgehead atoms. The van der Waals surface area contributed by atoms with Crippen LogP contribution in [0.1, 0.15) is 17.3 Å². The summed E-state index contributed by atoms with van der Waals surface area (Å²) in [7, 11) is 0. The molecule has 1 heterocycles. The summed E-state index contributed by atoms with van der Waals surface area (Å²) < 4.78 is 10.3. The number of hydrogen-bond acceptors (Lipinski definition) is 4. The van der Waals surface area contributed by atoms with Gasteiger partial charge in [0, 0.05) is 6.07 Å². The fraction of sp³-hybridized carbons (Fsp3) is 0.364. The van der Waals surface area contributed by atoms with Crippen LogP contribution in [-0.4, -0.2) is 30.2 Å². The predicted octanol–water partition coefficient (Wildman–Crippen LogP) is 1.37. The first-order chi connectivity index (χ1) is 7.16. The standard InChI is InChI=1S/C11H12O4/c1-7(12)10-3-2-8(4-11(10)13)14-5-9-6-15-9/h2-4,9,13H,5-6H2,1H3/t9-/m0/s1. The number of phenols is 1. The van der Waals surface area contributed by atoms with E-state index < -0.39 is 0 Å². The Morgan fingerprint density at radius 3 is 2.93 bits per heavy atom. The number of benzene rings is 1. The van der Waals surface area contributed by atoms with Crippen LogP contribution in [-0.2, 0) is 4.74 Å². The lowest BCUT2D eigenvalue weighted by atomic mass is 10.1. The molecule has 1 atom stereocenters. The van der Waals surface area contributed by atoms with Crippen molar-refractivity contribution in [2.75, 3.05) is 13.2 Å². The number of carbonyl (C=O) groups is 1. The summed E-state index contributed by atoms with van der Waals surface area (Å²) in [5.41, 5.74) is 0.310. The van der Waals surface area contributed by atoms with Crippen molar-refractivity contribution in [3.05, 3.63) is 23.8 Å². The third-order valence-electron chi connectivity index (χ3n) is 2.19. The van der Waals surface area contributed by atoms with E-state index in [0.29, 0.717) is 17.9 Å². The van der Waals surface area contributed by atoms with Crippen molar-refractivity contribution in [2.45, 2.75) is 13.0 Å². The quantitative estimate of drug-likeness (QED) is 0.599. The molecule has 0 radical (unpaired) electrons. The van der Waals surface area contributed by atoms with Crippen LogP contribution in [0.2, 0.25) is 0 Å². The van der Waals surface area contributed by atoms with Gasteiger partial charge >= 0.3 is 0 Å². The van der Waals surface area contributed by atoms with Gasteiger partial charge in [0.05, 0.1) is 12.2 Å². The van der Waals surface area contributed by atoms with Crippen LogP contribution in [0, 0.1) is 0 Å². The summed E-state index contributed by atoms with van der Waals surface area (Å²) in [6.07, 6.45) is 0.180. The summed E-state index contributed by atoms with van der Waals surface area (Å²) in [6, 6.07) is 4.67. The molecule has 0 saturated carbocycles. The smallest absolute Gasteiger partial charge is 0.163 e. The Morgan fingerprint density at radius 1 is 1.67 bits per heavy atom. The molecule has 1 fully saturated rings. The second kappa shape index (κ2) is 3.90. The van der Waals surface area contributed by atoms with Crippen LogP contribution < -0.4 is 4.74 Å². The zero-order chi connectivity index (χ0) is 10.8. The van der Waals surface area contributed by atoms with E-state index in [1.165, 1.54) is 13.0 Å². The summed E-state index contributed by atoms with van der Waals surface area (Å²) in [5.74, 6) is 0.342. The fourth-order valence-electron chi connectivity index (χ4n) is 1.25. The third kappa shape index (κ3) is 2.47. The molecule has 1 N–H and O–H groups in total. The minimum absolute atomic E-state index is 0.0447. The largest absolute Gasteiger partial charge is 0.507 e. The number of aromatic hydroxyl groups is 1. The van der Waals surface area contributed by atoms with E-state index in [4.69, 9.17) is 9.47 Å². The summed E-state index contributed by atoms with van der Waals surface area (Å²) in [6.45, 7) is 2.63. The molecule has 0 aliphatic carbocycles. The highest BCUT2D eigenvalue weighted by molar-refractivity contribution is 5.96. The van der Waals surface area contributed by atoms with E-state index >= 15 is 0 Å². The van der Waals surface area contributed by atoms with Gasteiger partial charge in [0.2, 0.25) is 0 Å². The maximum atomic E-state index is 11.0. The number of ketones is 1. The molecular weight excluding hydrogens is 196 g/mol. The molecule has 4 nitrogen and oxygen atoms in total. The van der Waals surface area contributed by atoms with Crippen LogP contribution in [0.25, 0.3) is 0 Å². The maximum Gasteiger partial charge on any atom is 0.163 e. The molecule has 0 unspecified atom stereocenters. The Balaban J connectivity index is 2.06. The average Bonchev–Trinajstić information content (AvgIpc) is 2.97. The Labute approximate surface area is 87.4 Å². The number of phenolic OH excluding ortho intramolecular Hbond substituents is 1. The van der Waals surface area contributed by atoms with Gasteiger partial charge in [0.1, 0.15) is 24.2 Å². The van der Waals surface area contributed by atoms with Gasteiger partial charge in [-0.15, -0.1) is 0 Å². The van der Waals surface area contributed by atoms with Crippen molar-refractivity contribution in [2.24, 2.45) is 0 Å². The predicted molar refractivity (Wildman–Crippen MR) is 53.3 cm³/mol. The second-order valence-corrected chi connectivity index (χ2v) is 3.50. The molecule has 1 aliphatic heterocycles. The maximum absolute atomic E-state index is 11.0. The van der Waals surface area contributed by atoms with Gasteiger partial charge in [0.15, 0.2) is 5.78 Å². The van der Waals surface area contributed by atoms with Gasteiger partial charge in [-0.2, -0.15) is 0 Å². The lowest BCUT2D eigenvalue weighted by molar-refractivity contribution is 0.101. The van der Waals surface area contributed by atoms with Crippen molar-refractivity contribution in [1.82, 2.24) is 0 Å². The molecule has 1 aliphatic rings. The minimum atomic E-state index is -0.162. The molecule has 0 amide bonds. The number of rotatable bonds is 4. The van der Waals surface area contributed by atoms with Gasteiger partial charge in [-0.3, -0.25) is 4.79 Å². The highest BCUT2D eigenvalue weighted by Crippen LogP contribution is 2.24. The molecule has 0 spiro atoms. The van der Waals surface area contributed by atoms with Crippen molar-refractivity contribution < 1.29 is 19.4 Å². The van der Waals surface area contributed by atoms with Crippen molar-refractivity contribution in [1.29, 1.82) is 0 Å². The Kier molecular flexibility index (Phi) is 2.60. The Morgan fingerprint density at radius 2 is 2.40 bits per heavy atom. The van der Waals surface area contributed by atoms with Crippen LogP contribution in [0.15, 0.2) is 18.2 Å². The van der Waals surface area contributed by atoms with Crippen molar-refractivity contribution >= 4 is 5.78 Å². The summed E-state index contributed by atoms with van der Waals surface area (Å²) >= 11 is 0. The highest BCUT2D eigenvalue weighted by atomic mass is 16.6. The van der Waals surface area contributed by atoms with Gasteiger partial charge in [-0.05, 0) is 19.1 Å². The molecule has 80 valence electrons. The van der Waals surface area contributed by atoms with E-state index in [1.54, 1.807) is 12.1 Å². The molecule has 15 heavy (non-hydrogen) atoms. The SMILES string of the molecule is CC(=O)c1ccc(OC[C@H]2CO2)cc1O. The van der Waals surface area contributed by atoms with Crippen LogP contribution in [0.3, 0.4) is 0 Å². The van der Waals surface area contributed by atoms with E-state index in [0.717, 1.165) is 6.61 Å². The normalized spacial score (nSPS) is 18.6. The molecule has 0 aromatic heterocycles. The van der Waals surface area contributed by atoms with Gasteiger partial charge in [-0.1, -0.05) is 0 Å². The summed E-state index contributed by atoms with van der Waals surface area (Å²) in [5, 5.41) is 9.51. The van der Waals surface area contributed by atoms with Crippen molar-refractivity contribution in [3.63, 3.8) is 0 Å². The van der Waals surface area contributed by atoms with Gasteiger partial charge in [0.25, 0.3) is 0 Å². The zero-order valence-corrected chi connectivity index (χ0v) is 8.40. The molecule has 2 rings (SSSR count). The number of epoxide rings is 1. The van der Waals surface area contributed by atoms with Crippen LogP contribution in [0.5, 0.6) is 11.5 Å². The topological polar surface area (TPSA) is 59.1 Å². The van der Waals surface area contributed by atoms with Crippen LogP contribution >= 0.6 is 0 Å². The third-order valence-corrected chi connectivity index (χ3v) is 2.19. The Bertz CT molecular complexity index is 382. The molecule has 4 heteroatoms. The van der Waals surface area contributed by atoms with E-state index in [-0.39, 0.29) is 17.6 Å². The molecule has 1 saturated heterocycles. The molecule has 1 aromatic rings. The summed E-state index contributed by atoms with van der Waals surface area (Å²) in [4.78, 5) is 11.0. The monoisotopic (exact) mass is 208 g/mol. The number of carbonyl (C=O) groups excluding carboxylic acids is 1. The van der Waals surface area contributed by atoms with Gasteiger partial charge < -0.3 is 14.6 Å². The number of ether oxygens (including phenoxy) is 2. The highest BCUT2D eigenvalue weighted by Gasteiger charge is 2.23. The number of Topliss-reactive ketones (excluding diaryl/α,β-unsaturated/α-hetero) is 1. The Hall–Kier alpha value is -1.55. The fourth-order valence-corrected chi connectivity index (χ4v) is 1.25. The first-order valence-electron chi connectivity index (χ1n) is 4.75. The van der Waals surface area contributed by atoms with E-state index in [2.05, 4.69) is 0 Å². The lowest BCUT2D eigenvalue weighted by Crippen LogP contribution is -2.04. The minimum Gasteiger partial charge on any atom is -0.507 e. The van der Waals surface area contributed by atoms with Gasteiger partial charge in [-0.25, -0.2) is 0 Å². The average molecular weight is 208 g/mol. The first-order valence-corrected chi connectivity index (χ1v) is 4.75. The number of hydrogen-bond donors (Lipinski definition) is 1. The second-order valence-electron chi connectivity index (χ2n) is 3.50. The molecule has 1 aromatic carbocycles. The van der Waals surface area contributed by atoms with E-state index in [1.807, 2.05) is 0 Å². The zero-order valence-electron chi connectivity index (χ0n) is 8.40. The van der Waals surface area contributed by atoms with Crippen LogP contribution in [0.4, 0.5) is 0 Å². The van der Waals surface area contributed by atoms with E-state index in [9.17, 15) is 9.90 Å².